The number of halogens is 2. The Bertz CT molecular complexity index is 1060. The van der Waals surface area contributed by atoms with E-state index in [2.05, 4.69) is 20.5 Å². The number of hydrogen-bond acceptors (Lipinski definition) is 4. The van der Waals surface area contributed by atoms with E-state index < -0.39 is 5.82 Å². The number of rotatable bonds is 5. The molecule has 32 heavy (non-hydrogen) atoms. The normalized spacial score (nSPS) is 21.9. The fourth-order valence-corrected chi connectivity index (χ4v) is 4.50. The van der Waals surface area contributed by atoms with Gasteiger partial charge in [-0.2, -0.15) is 0 Å². The maximum Gasteiger partial charge on any atom is 0.256 e. The third kappa shape index (κ3) is 4.44. The molecule has 0 aliphatic carbocycles. The summed E-state index contributed by atoms with van der Waals surface area (Å²) >= 11 is 0. The van der Waals surface area contributed by atoms with Gasteiger partial charge in [-0.1, -0.05) is 6.07 Å². The van der Waals surface area contributed by atoms with Gasteiger partial charge in [-0.15, -0.1) is 12.4 Å². The van der Waals surface area contributed by atoms with E-state index in [-0.39, 0.29) is 35.7 Å². The summed E-state index contributed by atoms with van der Waals surface area (Å²) in [5, 5.41) is 5.54. The minimum absolute atomic E-state index is 0. The van der Waals surface area contributed by atoms with Crippen LogP contribution in [0.3, 0.4) is 0 Å². The summed E-state index contributed by atoms with van der Waals surface area (Å²) in [6, 6.07) is 5.37. The van der Waals surface area contributed by atoms with Gasteiger partial charge >= 0.3 is 0 Å². The molecule has 3 aliphatic heterocycles. The molecule has 1 atom stereocenters. The van der Waals surface area contributed by atoms with E-state index in [9.17, 15) is 9.59 Å². The number of morpholine rings is 1. The van der Waals surface area contributed by atoms with E-state index in [0.717, 1.165) is 44.1 Å². The van der Waals surface area contributed by atoms with Crippen LogP contribution in [-0.2, 0) is 27.3 Å². The molecule has 1 unspecified atom stereocenters. The van der Waals surface area contributed by atoms with E-state index in [1.807, 2.05) is 12.3 Å². The number of carbonyl (C=O) groups excluding carboxylic acids is 2. The largest absolute Gasteiger partial charge is 0.379 e. The molecule has 2 fully saturated rings. The molecule has 5 rings (SSSR count). The number of nitrogens with zero attached hydrogens (tertiary/aromatic N) is 1. The summed E-state index contributed by atoms with van der Waals surface area (Å²) in [5.41, 5.74) is 3.36. The van der Waals surface area contributed by atoms with Crippen LogP contribution in [0.25, 0.3) is 11.6 Å². The van der Waals surface area contributed by atoms with Crippen LogP contribution in [0, 0.1) is 11.7 Å². The van der Waals surface area contributed by atoms with Crippen LogP contribution in [0.2, 0.25) is 0 Å². The standard InChI is InChI=1S/C23H25FN4O3.ClH/c24-21-15(10-16-3-4-25-22(16)29)1-2-19-20(21)18(23(30)27-19)11-17-9-14(12-26-17)13-28-5-7-31-8-6-28;/h1-2,9,11-12,16,26H,3-8,10,13H2,(H,25,29)(H,27,30);1H/b18-11-;. The van der Waals surface area contributed by atoms with Crippen LogP contribution >= 0.6 is 12.4 Å². The fraction of sp³-hybridized carbons (Fsp3) is 0.391. The van der Waals surface area contributed by atoms with Crippen molar-refractivity contribution < 1.29 is 18.7 Å². The highest BCUT2D eigenvalue weighted by atomic mass is 35.5. The molecule has 1 aromatic heterocycles. The Morgan fingerprint density at radius 1 is 1.22 bits per heavy atom. The maximum absolute atomic E-state index is 15.4. The van der Waals surface area contributed by atoms with Crippen molar-refractivity contribution in [3.05, 3.63) is 52.6 Å². The first-order valence-electron chi connectivity index (χ1n) is 10.7. The number of ether oxygens (including phenoxy) is 1. The highest BCUT2D eigenvalue weighted by molar-refractivity contribution is 6.35. The molecule has 0 saturated carbocycles. The number of nitrogens with one attached hydrogen (secondary N) is 3. The summed E-state index contributed by atoms with van der Waals surface area (Å²) < 4.78 is 20.8. The Hall–Kier alpha value is -2.68. The molecule has 7 nitrogen and oxygen atoms in total. The van der Waals surface area contributed by atoms with Gasteiger partial charge in [-0.3, -0.25) is 14.5 Å². The molecular weight excluding hydrogens is 435 g/mol. The Labute approximate surface area is 191 Å². The summed E-state index contributed by atoms with van der Waals surface area (Å²) in [6.07, 6.45) is 4.64. The second-order valence-corrected chi connectivity index (χ2v) is 8.31. The molecule has 3 aliphatic rings. The molecule has 2 amide bonds. The monoisotopic (exact) mass is 460 g/mol. The number of amides is 2. The predicted octanol–water partition coefficient (Wildman–Crippen LogP) is 2.58. The third-order valence-corrected chi connectivity index (χ3v) is 6.19. The van der Waals surface area contributed by atoms with Crippen molar-refractivity contribution in [3.8, 4) is 0 Å². The number of aromatic nitrogens is 1. The zero-order valence-corrected chi connectivity index (χ0v) is 18.4. The molecule has 1 aromatic carbocycles. The van der Waals surface area contributed by atoms with Crippen molar-refractivity contribution in [1.29, 1.82) is 0 Å². The molecular formula is C23H26ClFN4O3. The summed E-state index contributed by atoms with van der Waals surface area (Å²) in [5.74, 6) is -1.02. The predicted molar refractivity (Wildman–Crippen MR) is 122 cm³/mol. The van der Waals surface area contributed by atoms with Crippen LogP contribution in [-0.4, -0.2) is 54.5 Å². The smallest absolute Gasteiger partial charge is 0.256 e. The Kier molecular flexibility index (Phi) is 6.64. The lowest BCUT2D eigenvalue weighted by molar-refractivity contribution is -0.122. The van der Waals surface area contributed by atoms with E-state index >= 15 is 4.39 Å². The molecule has 0 spiro atoms. The summed E-state index contributed by atoms with van der Waals surface area (Å²) in [4.78, 5) is 30.0. The van der Waals surface area contributed by atoms with Crippen molar-refractivity contribution in [2.45, 2.75) is 19.4 Å². The molecule has 2 aromatic rings. The van der Waals surface area contributed by atoms with Crippen molar-refractivity contribution >= 4 is 41.6 Å². The van der Waals surface area contributed by atoms with Gasteiger partial charge in [-0.05, 0) is 42.2 Å². The fourth-order valence-electron chi connectivity index (χ4n) is 4.50. The number of aromatic amines is 1. The first kappa shape index (κ1) is 22.5. The minimum atomic E-state index is -0.429. The number of anilines is 1. The first-order valence-corrected chi connectivity index (χ1v) is 10.7. The van der Waals surface area contributed by atoms with Gasteiger partial charge < -0.3 is 20.4 Å². The maximum atomic E-state index is 15.4. The van der Waals surface area contributed by atoms with Gasteiger partial charge in [0.05, 0.1) is 24.5 Å². The van der Waals surface area contributed by atoms with Crippen LogP contribution in [0.4, 0.5) is 10.1 Å². The Morgan fingerprint density at radius 3 is 2.78 bits per heavy atom. The second kappa shape index (κ2) is 9.44. The Morgan fingerprint density at radius 2 is 2.03 bits per heavy atom. The Balaban J connectivity index is 0.00000245. The van der Waals surface area contributed by atoms with Crippen LogP contribution < -0.4 is 10.6 Å². The molecule has 9 heteroatoms. The number of fused-ring (bicyclic) bond motifs is 1. The second-order valence-electron chi connectivity index (χ2n) is 8.31. The number of H-pyrrole nitrogens is 1. The van der Waals surface area contributed by atoms with Gasteiger partial charge in [0.15, 0.2) is 0 Å². The number of hydrogen-bond donors (Lipinski definition) is 3. The van der Waals surface area contributed by atoms with Gasteiger partial charge in [0.1, 0.15) is 5.82 Å². The highest BCUT2D eigenvalue weighted by Crippen LogP contribution is 2.37. The van der Waals surface area contributed by atoms with Gasteiger partial charge in [0.25, 0.3) is 5.91 Å². The third-order valence-electron chi connectivity index (χ3n) is 6.19. The SMILES string of the molecule is Cl.O=C1Nc2ccc(CC3CCNC3=O)c(F)c2/C1=C/c1cc(CN2CCOCC2)c[nH]1. The lowest BCUT2D eigenvalue weighted by Gasteiger charge is -2.25. The zero-order valence-electron chi connectivity index (χ0n) is 17.6. The van der Waals surface area contributed by atoms with Gasteiger partial charge in [0, 0.05) is 49.6 Å². The lowest BCUT2D eigenvalue weighted by atomic mass is 9.94. The quantitative estimate of drug-likeness (QED) is 0.599. The summed E-state index contributed by atoms with van der Waals surface area (Å²) in [7, 11) is 0. The lowest BCUT2D eigenvalue weighted by Crippen LogP contribution is -2.35. The molecule has 170 valence electrons. The minimum Gasteiger partial charge on any atom is -0.379 e. The molecule has 0 radical (unpaired) electrons. The van der Waals surface area contributed by atoms with E-state index in [1.165, 1.54) is 0 Å². The molecule has 2 saturated heterocycles. The average molecular weight is 461 g/mol. The number of benzene rings is 1. The summed E-state index contributed by atoms with van der Waals surface area (Å²) in [6.45, 7) is 4.69. The molecule has 3 N–H and O–H groups in total. The van der Waals surface area contributed by atoms with Crippen LogP contribution in [0.15, 0.2) is 24.4 Å². The first-order chi connectivity index (χ1) is 15.1. The number of carbonyl (C=O) groups is 2. The topological polar surface area (TPSA) is 86.5 Å². The van der Waals surface area contributed by atoms with Crippen molar-refractivity contribution in [1.82, 2.24) is 15.2 Å². The van der Waals surface area contributed by atoms with E-state index in [4.69, 9.17) is 4.74 Å². The van der Waals surface area contributed by atoms with E-state index in [1.54, 1.807) is 18.2 Å². The molecule has 0 bridgehead atoms. The van der Waals surface area contributed by atoms with E-state index in [0.29, 0.717) is 36.2 Å². The average Bonchev–Trinajstić information content (AvgIpc) is 3.46. The van der Waals surface area contributed by atoms with Crippen molar-refractivity contribution in [3.63, 3.8) is 0 Å². The zero-order chi connectivity index (χ0) is 21.4. The van der Waals surface area contributed by atoms with Crippen LogP contribution in [0.1, 0.15) is 28.8 Å². The van der Waals surface area contributed by atoms with Crippen molar-refractivity contribution in [2.75, 3.05) is 38.2 Å². The van der Waals surface area contributed by atoms with Gasteiger partial charge in [-0.25, -0.2) is 4.39 Å². The molecule has 4 heterocycles. The highest BCUT2D eigenvalue weighted by Gasteiger charge is 2.31. The van der Waals surface area contributed by atoms with Gasteiger partial charge in [0.2, 0.25) is 5.91 Å². The van der Waals surface area contributed by atoms with Crippen LogP contribution in [0.5, 0.6) is 0 Å². The van der Waals surface area contributed by atoms with Crippen molar-refractivity contribution in [2.24, 2.45) is 5.92 Å².